The Morgan fingerprint density at radius 2 is 2.25 bits per heavy atom. The molecule has 0 radical (unpaired) electrons. The van der Waals surface area contributed by atoms with E-state index in [1.54, 1.807) is 18.7 Å². The number of benzene rings is 1. The Hall–Kier alpha value is -2.50. The molecule has 6 heteroatoms. The molecule has 0 bridgehead atoms. The van der Waals surface area contributed by atoms with E-state index >= 15 is 0 Å². The molecule has 2 N–H and O–H groups in total. The smallest absolute Gasteiger partial charge is 0.341 e. The number of carboxylic acids is 1. The van der Waals surface area contributed by atoms with Crippen molar-refractivity contribution in [2.24, 2.45) is 7.05 Å². The van der Waals surface area contributed by atoms with Crippen molar-refractivity contribution in [2.45, 2.75) is 13.0 Å². The van der Waals surface area contributed by atoms with Gasteiger partial charge >= 0.3 is 5.97 Å². The Labute approximate surface area is 116 Å². The highest BCUT2D eigenvalue weighted by atomic mass is 16.5. The molecule has 3 rings (SSSR count). The van der Waals surface area contributed by atoms with Crippen molar-refractivity contribution in [3.05, 3.63) is 41.1 Å². The molecule has 6 nitrogen and oxygen atoms in total. The van der Waals surface area contributed by atoms with Crippen LogP contribution in [-0.4, -0.2) is 27.5 Å². The van der Waals surface area contributed by atoms with Gasteiger partial charge in [-0.3, -0.25) is 4.68 Å². The number of hydrogen-bond acceptors (Lipinski definition) is 4. The van der Waals surface area contributed by atoms with Crippen molar-refractivity contribution >= 4 is 11.8 Å². The maximum absolute atomic E-state index is 11.4. The van der Waals surface area contributed by atoms with Gasteiger partial charge in [-0.1, -0.05) is 18.2 Å². The fraction of sp³-hybridized carbons (Fsp3) is 0.286. The number of anilines is 1. The van der Waals surface area contributed by atoms with Gasteiger partial charge in [0.25, 0.3) is 0 Å². The first-order valence-corrected chi connectivity index (χ1v) is 6.33. The van der Waals surface area contributed by atoms with Crippen molar-refractivity contribution in [3.8, 4) is 5.75 Å². The molecule has 1 unspecified atom stereocenters. The zero-order chi connectivity index (χ0) is 14.3. The summed E-state index contributed by atoms with van der Waals surface area (Å²) in [5.41, 5.74) is 1.73. The van der Waals surface area contributed by atoms with E-state index in [0.29, 0.717) is 18.1 Å². The average Bonchev–Trinajstić information content (AvgIpc) is 2.92. The fourth-order valence-corrected chi connectivity index (χ4v) is 2.53. The minimum absolute atomic E-state index is 0.0703. The van der Waals surface area contributed by atoms with Gasteiger partial charge in [-0.05, 0) is 13.0 Å². The number of para-hydroxylation sites is 1. The van der Waals surface area contributed by atoms with Crippen LogP contribution < -0.4 is 10.1 Å². The molecule has 0 amide bonds. The second-order valence-corrected chi connectivity index (χ2v) is 4.78. The summed E-state index contributed by atoms with van der Waals surface area (Å²) in [6, 6.07) is 7.67. The lowest BCUT2D eigenvalue weighted by Crippen LogP contribution is -2.16. The zero-order valence-corrected chi connectivity index (χ0v) is 11.3. The molecule has 1 aromatic carbocycles. The molecule has 0 spiro atoms. The maximum atomic E-state index is 11.4. The van der Waals surface area contributed by atoms with E-state index in [4.69, 9.17) is 4.74 Å². The number of nitrogens with one attached hydrogen (secondary N) is 1. The Bertz CT molecular complexity index is 678. The minimum Gasteiger partial charge on any atom is -0.491 e. The number of aromatic carboxylic acids is 1. The van der Waals surface area contributed by atoms with E-state index in [1.165, 1.54) is 0 Å². The maximum Gasteiger partial charge on any atom is 0.341 e. The number of ether oxygens (including phenoxy) is 1. The van der Waals surface area contributed by atoms with Crippen molar-refractivity contribution < 1.29 is 14.6 Å². The van der Waals surface area contributed by atoms with E-state index in [-0.39, 0.29) is 11.6 Å². The van der Waals surface area contributed by atoms with Gasteiger partial charge in [0, 0.05) is 12.6 Å². The lowest BCUT2D eigenvalue weighted by molar-refractivity contribution is 0.0697. The Morgan fingerprint density at radius 3 is 3.00 bits per heavy atom. The molecule has 0 aliphatic carbocycles. The van der Waals surface area contributed by atoms with Gasteiger partial charge in [-0.25, -0.2) is 4.79 Å². The number of aromatic nitrogens is 2. The van der Waals surface area contributed by atoms with E-state index < -0.39 is 5.97 Å². The van der Waals surface area contributed by atoms with Gasteiger partial charge in [0.2, 0.25) is 0 Å². The quantitative estimate of drug-likeness (QED) is 0.894. The highest BCUT2D eigenvalue weighted by Gasteiger charge is 2.27. The summed E-state index contributed by atoms with van der Waals surface area (Å²) in [5.74, 6) is 0.353. The molecule has 0 saturated carbocycles. The minimum atomic E-state index is -0.981. The highest BCUT2D eigenvalue weighted by Crippen LogP contribution is 2.35. The van der Waals surface area contributed by atoms with Gasteiger partial charge in [0.1, 0.15) is 23.7 Å². The standard InChI is InChI=1S/C14H15N3O3/c1-8-12(14(18)19)13(17(2)16-8)15-10-7-20-11-6-4-3-5-9(10)11/h3-6,10,15H,7H2,1-2H3,(H,18,19). The van der Waals surface area contributed by atoms with Crippen molar-refractivity contribution in [2.75, 3.05) is 11.9 Å². The lowest BCUT2D eigenvalue weighted by Gasteiger charge is -2.14. The van der Waals surface area contributed by atoms with Gasteiger partial charge in [-0.15, -0.1) is 0 Å². The predicted molar refractivity (Wildman–Crippen MR) is 73.2 cm³/mol. The number of hydrogen-bond donors (Lipinski definition) is 2. The van der Waals surface area contributed by atoms with Gasteiger partial charge < -0.3 is 15.2 Å². The third kappa shape index (κ3) is 1.89. The molecular weight excluding hydrogens is 258 g/mol. The van der Waals surface area contributed by atoms with Gasteiger partial charge in [0.15, 0.2) is 0 Å². The molecule has 1 atom stereocenters. The largest absolute Gasteiger partial charge is 0.491 e. The van der Waals surface area contributed by atoms with Crippen LogP contribution in [0.25, 0.3) is 0 Å². The number of aryl methyl sites for hydroxylation is 2. The topological polar surface area (TPSA) is 76.4 Å². The molecule has 20 heavy (non-hydrogen) atoms. The Kier molecular flexibility index (Phi) is 2.85. The van der Waals surface area contributed by atoms with Crippen molar-refractivity contribution in [1.82, 2.24) is 9.78 Å². The number of fused-ring (bicyclic) bond motifs is 1. The van der Waals surface area contributed by atoms with Gasteiger partial charge in [-0.2, -0.15) is 5.10 Å². The molecule has 0 fully saturated rings. The van der Waals surface area contributed by atoms with Crippen LogP contribution in [0.5, 0.6) is 5.75 Å². The second-order valence-electron chi connectivity index (χ2n) is 4.78. The lowest BCUT2D eigenvalue weighted by atomic mass is 10.1. The number of nitrogens with zero attached hydrogens (tertiary/aromatic N) is 2. The van der Waals surface area contributed by atoms with E-state index in [1.807, 2.05) is 24.3 Å². The summed E-state index contributed by atoms with van der Waals surface area (Å²) >= 11 is 0. The number of carbonyl (C=O) groups is 1. The molecule has 2 heterocycles. The van der Waals surface area contributed by atoms with E-state index in [9.17, 15) is 9.90 Å². The van der Waals surface area contributed by atoms with Crippen LogP contribution in [0.1, 0.15) is 27.7 Å². The highest BCUT2D eigenvalue weighted by molar-refractivity contribution is 5.94. The van der Waals surface area contributed by atoms with E-state index in [2.05, 4.69) is 10.4 Å². The fourth-order valence-electron chi connectivity index (χ4n) is 2.53. The summed E-state index contributed by atoms with van der Waals surface area (Å²) in [4.78, 5) is 11.4. The first-order valence-electron chi connectivity index (χ1n) is 6.33. The van der Waals surface area contributed by atoms with Crippen molar-refractivity contribution in [1.29, 1.82) is 0 Å². The molecular formula is C14H15N3O3. The first-order chi connectivity index (χ1) is 9.58. The number of rotatable bonds is 3. The van der Waals surface area contributed by atoms with Crippen LogP contribution in [0, 0.1) is 6.92 Å². The SMILES string of the molecule is Cc1nn(C)c(NC2COc3ccccc32)c1C(=O)O. The van der Waals surface area contributed by atoms with Crippen LogP contribution in [0.15, 0.2) is 24.3 Å². The monoisotopic (exact) mass is 273 g/mol. The Balaban J connectivity index is 1.96. The summed E-state index contributed by atoms with van der Waals surface area (Å²) in [6.07, 6.45) is 0. The second kappa shape index (κ2) is 4.56. The molecule has 0 saturated heterocycles. The average molecular weight is 273 g/mol. The van der Waals surface area contributed by atoms with Crippen LogP contribution in [0.4, 0.5) is 5.82 Å². The van der Waals surface area contributed by atoms with Crippen LogP contribution >= 0.6 is 0 Å². The van der Waals surface area contributed by atoms with Crippen molar-refractivity contribution in [3.63, 3.8) is 0 Å². The summed E-state index contributed by atoms with van der Waals surface area (Å²) in [7, 11) is 1.73. The third-order valence-electron chi connectivity index (χ3n) is 3.45. The normalized spacial score (nSPS) is 16.6. The van der Waals surface area contributed by atoms with Crippen LogP contribution in [-0.2, 0) is 7.05 Å². The molecule has 2 aromatic rings. The molecule has 1 aliphatic heterocycles. The van der Waals surface area contributed by atoms with Crippen LogP contribution in [0.3, 0.4) is 0 Å². The van der Waals surface area contributed by atoms with Gasteiger partial charge in [0.05, 0.1) is 11.7 Å². The summed E-state index contributed by atoms with van der Waals surface area (Å²) in [6.45, 7) is 2.16. The summed E-state index contributed by atoms with van der Waals surface area (Å²) in [5, 5.41) is 16.7. The Morgan fingerprint density at radius 1 is 1.50 bits per heavy atom. The summed E-state index contributed by atoms with van der Waals surface area (Å²) < 4.78 is 7.15. The first kappa shape index (κ1) is 12.5. The molecule has 1 aliphatic rings. The van der Waals surface area contributed by atoms with Crippen LogP contribution in [0.2, 0.25) is 0 Å². The molecule has 1 aromatic heterocycles. The molecule has 104 valence electrons. The van der Waals surface area contributed by atoms with E-state index in [0.717, 1.165) is 11.3 Å². The number of carboxylic acid groups (broad SMARTS) is 1. The zero-order valence-electron chi connectivity index (χ0n) is 11.3. The predicted octanol–water partition coefficient (Wildman–Crippen LogP) is 1.97. The third-order valence-corrected chi connectivity index (χ3v) is 3.45.